The molecule has 0 heterocycles. The molecule has 0 saturated heterocycles. The quantitative estimate of drug-likeness (QED) is 0.116. The standard InChI is InChI=1S/C14H12ClFO2.C8H10BO4.C6H3ClFI.W/c1-17-11-7-4-8-12(18-2)14(11)13-9(15)5-3-6-10(13)16;1-11-6-4-3-5-7(12-2)8(6)13-9-10;7-4-2-1-3-5(8)6(4)9;/h3-8H,1-2H3;3-5,10H,1-2H3;1-3H;. The van der Waals surface area contributed by atoms with E-state index in [9.17, 15) is 8.78 Å². The van der Waals surface area contributed by atoms with E-state index in [0.29, 0.717) is 55.6 Å². The molecule has 0 aliphatic heterocycles. The molecule has 217 valence electrons. The van der Waals surface area contributed by atoms with Crippen LogP contribution in [0.4, 0.5) is 8.78 Å². The van der Waals surface area contributed by atoms with Crippen LogP contribution in [0.2, 0.25) is 10.0 Å². The Hall–Kier alpha value is -2.24. The van der Waals surface area contributed by atoms with Crippen molar-refractivity contribution in [2.75, 3.05) is 28.4 Å². The molecule has 0 saturated carbocycles. The second-order valence-corrected chi connectivity index (χ2v) is 9.28. The minimum Gasteiger partial charge on any atom is -0.532 e. The largest absolute Gasteiger partial charge is 0.569 e. The van der Waals surface area contributed by atoms with Crippen LogP contribution in [0.1, 0.15) is 0 Å². The Labute approximate surface area is 276 Å². The molecule has 0 aliphatic rings. The van der Waals surface area contributed by atoms with Gasteiger partial charge in [-0.15, -0.1) is 0 Å². The molecule has 13 heteroatoms. The first kappa shape index (κ1) is 36.8. The normalized spacial score (nSPS) is 9.51. The van der Waals surface area contributed by atoms with Crippen LogP contribution in [0.5, 0.6) is 28.7 Å². The molecule has 0 bridgehead atoms. The van der Waals surface area contributed by atoms with Crippen LogP contribution < -0.4 is 23.6 Å². The zero-order valence-corrected chi connectivity index (χ0v) is 28.9. The molecule has 41 heavy (non-hydrogen) atoms. The van der Waals surface area contributed by atoms with Crippen LogP contribution in [0.3, 0.4) is 0 Å². The monoisotopic (exact) mass is 887 g/mol. The summed E-state index contributed by atoms with van der Waals surface area (Å²) in [5.74, 6) is 1.72. The topological polar surface area (TPSA) is 66.4 Å². The average Bonchev–Trinajstić information content (AvgIpc) is 2.96. The molecular formula is C28H25BCl2F2IO6W. The molecule has 0 atom stereocenters. The molecule has 4 aromatic rings. The molecule has 0 fully saturated rings. The molecule has 0 amide bonds. The number of rotatable bonds is 7. The van der Waals surface area contributed by atoms with Gasteiger partial charge < -0.3 is 28.6 Å². The van der Waals surface area contributed by atoms with Crippen molar-refractivity contribution < 1.29 is 58.5 Å². The van der Waals surface area contributed by atoms with E-state index in [1.807, 2.05) is 22.6 Å². The molecule has 0 aromatic heterocycles. The fourth-order valence-corrected chi connectivity index (χ4v) is 4.08. The van der Waals surface area contributed by atoms with E-state index in [0.717, 1.165) is 0 Å². The first-order chi connectivity index (χ1) is 19.2. The predicted octanol–water partition coefficient (Wildman–Crippen LogP) is 7.85. The molecule has 4 aromatic carbocycles. The number of hydrogen-bond donors (Lipinski definition) is 1. The second kappa shape index (κ2) is 19.0. The SMILES string of the molecule is COc1cccc(OC)c1-c1c(F)cccc1Cl.COc1cccc(OC)c1O[B]O.Fc1cccc(Cl)c1I.[W]. The molecular weight excluding hydrogens is 863 g/mol. The van der Waals surface area contributed by atoms with E-state index in [4.69, 9.17) is 51.8 Å². The molecule has 1 N–H and O–H groups in total. The summed E-state index contributed by atoms with van der Waals surface area (Å²) >= 11 is 13.5. The third-order valence-corrected chi connectivity index (χ3v) is 7.14. The first-order valence-electron chi connectivity index (χ1n) is 11.3. The van der Waals surface area contributed by atoms with Crippen LogP contribution in [0.25, 0.3) is 11.1 Å². The van der Waals surface area contributed by atoms with Gasteiger partial charge in [0.1, 0.15) is 23.1 Å². The van der Waals surface area contributed by atoms with Gasteiger partial charge in [-0.1, -0.05) is 47.5 Å². The van der Waals surface area contributed by atoms with Crippen molar-refractivity contribution in [3.8, 4) is 39.9 Å². The Morgan fingerprint density at radius 2 is 1.05 bits per heavy atom. The van der Waals surface area contributed by atoms with Gasteiger partial charge in [0, 0.05) is 26.6 Å². The Morgan fingerprint density at radius 1 is 0.634 bits per heavy atom. The summed E-state index contributed by atoms with van der Waals surface area (Å²) in [5.41, 5.74) is 0.805. The molecule has 6 nitrogen and oxygen atoms in total. The van der Waals surface area contributed by atoms with Gasteiger partial charge in [-0.25, -0.2) is 8.78 Å². The van der Waals surface area contributed by atoms with Gasteiger partial charge >= 0.3 is 7.69 Å². The Morgan fingerprint density at radius 3 is 1.44 bits per heavy atom. The number of methoxy groups -OCH3 is 4. The zero-order chi connectivity index (χ0) is 29.7. The fraction of sp³-hybridized carbons (Fsp3) is 0.143. The first-order valence-corrected chi connectivity index (χ1v) is 13.2. The van der Waals surface area contributed by atoms with E-state index >= 15 is 0 Å². The summed E-state index contributed by atoms with van der Waals surface area (Å²) in [5, 5.41) is 9.29. The molecule has 4 rings (SSSR count). The number of para-hydroxylation sites is 1. The third-order valence-electron chi connectivity index (χ3n) is 5.10. The molecule has 0 spiro atoms. The van der Waals surface area contributed by atoms with Gasteiger partial charge in [0.15, 0.2) is 17.2 Å². The van der Waals surface area contributed by atoms with Crippen molar-refractivity contribution in [1.82, 2.24) is 0 Å². The van der Waals surface area contributed by atoms with Gasteiger partial charge in [-0.05, 0) is 71.1 Å². The summed E-state index contributed by atoms with van der Waals surface area (Å²) in [6.45, 7) is 0. The summed E-state index contributed by atoms with van der Waals surface area (Å²) in [6.07, 6.45) is 0. The van der Waals surface area contributed by atoms with Gasteiger partial charge in [-0.2, -0.15) is 0 Å². The van der Waals surface area contributed by atoms with Crippen molar-refractivity contribution in [2.24, 2.45) is 0 Å². The number of halogens is 5. The summed E-state index contributed by atoms with van der Waals surface area (Å²) < 4.78 is 52.3. The minimum absolute atomic E-state index is 0. The van der Waals surface area contributed by atoms with Crippen molar-refractivity contribution >= 4 is 53.5 Å². The van der Waals surface area contributed by atoms with Gasteiger partial charge in [-0.3, -0.25) is 0 Å². The van der Waals surface area contributed by atoms with E-state index in [1.54, 1.807) is 60.7 Å². The third kappa shape index (κ3) is 10.2. The summed E-state index contributed by atoms with van der Waals surface area (Å²) in [6, 6.07) is 19.6. The molecule has 0 unspecified atom stereocenters. The van der Waals surface area contributed by atoms with Gasteiger partial charge in [0.05, 0.1) is 47.6 Å². The number of ether oxygens (including phenoxy) is 4. The summed E-state index contributed by atoms with van der Waals surface area (Å²) in [4.78, 5) is 0. The van der Waals surface area contributed by atoms with Crippen molar-refractivity contribution in [2.45, 2.75) is 0 Å². The Kier molecular flexibility index (Phi) is 17.1. The smallest absolute Gasteiger partial charge is 0.532 e. The van der Waals surface area contributed by atoms with Crippen LogP contribution >= 0.6 is 45.8 Å². The Balaban J connectivity index is 0.000000322. The van der Waals surface area contributed by atoms with Crippen molar-refractivity contribution in [1.29, 1.82) is 0 Å². The van der Waals surface area contributed by atoms with Gasteiger partial charge in [0.2, 0.25) is 0 Å². The second-order valence-electron chi connectivity index (χ2n) is 7.38. The molecule has 1 radical (unpaired) electrons. The Bertz CT molecular complexity index is 1320. The summed E-state index contributed by atoms with van der Waals surface area (Å²) in [7, 11) is 6.65. The maximum Gasteiger partial charge on any atom is 0.569 e. The van der Waals surface area contributed by atoms with Crippen molar-refractivity contribution in [3.63, 3.8) is 0 Å². The van der Waals surface area contributed by atoms with Crippen molar-refractivity contribution in [3.05, 3.63) is 98.0 Å². The maximum absolute atomic E-state index is 14.0. The van der Waals surface area contributed by atoms with Crippen LogP contribution in [-0.2, 0) is 21.1 Å². The minimum atomic E-state index is -0.412. The zero-order valence-electron chi connectivity index (χ0n) is 22.3. The molecule has 0 aliphatic carbocycles. The van der Waals surface area contributed by atoms with E-state index < -0.39 is 5.82 Å². The van der Waals surface area contributed by atoms with E-state index in [2.05, 4.69) is 0 Å². The fourth-order valence-electron chi connectivity index (χ4n) is 3.30. The average molecular weight is 888 g/mol. The van der Waals surface area contributed by atoms with Crippen LogP contribution in [0, 0.1) is 15.2 Å². The van der Waals surface area contributed by atoms with E-state index in [1.165, 1.54) is 40.6 Å². The predicted molar refractivity (Wildman–Crippen MR) is 162 cm³/mol. The number of hydrogen-bond acceptors (Lipinski definition) is 6. The van der Waals surface area contributed by atoms with Crippen LogP contribution in [-0.4, -0.2) is 41.1 Å². The maximum atomic E-state index is 14.0. The van der Waals surface area contributed by atoms with Gasteiger partial charge in [0.25, 0.3) is 0 Å². The van der Waals surface area contributed by atoms with E-state index in [-0.39, 0.29) is 32.4 Å². The number of benzene rings is 4. The van der Waals surface area contributed by atoms with Crippen LogP contribution in [0.15, 0.2) is 72.8 Å².